The van der Waals surface area contributed by atoms with Crippen LogP contribution in [0, 0.1) is 26.2 Å². The number of anilines is 4. The van der Waals surface area contributed by atoms with Gasteiger partial charge in [0.25, 0.3) is 0 Å². The van der Waals surface area contributed by atoms with Crippen molar-refractivity contribution in [3.05, 3.63) is 53.0 Å². The van der Waals surface area contributed by atoms with E-state index in [1.165, 1.54) is 56.3 Å². The molecule has 0 bridgehead atoms. The third kappa shape index (κ3) is 7.31. The summed E-state index contributed by atoms with van der Waals surface area (Å²) < 4.78 is 8.57. The lowest BCUT2D eigenvalue weighted by Gasteiger charge is -2.36. The Morgan fingerprint density at radius 1 is 0.957 bits per heavy atom. The summed E-state index contributed by atoms with van der Waals surface area (Å²) in [7, 11) is 1.76. The standard InChI is InChI=1S/C34H42N8O3S2/c1-21-22(2)30(41-40-29(21)38-32-36-25-13-8-9-14-26(25)46-32)39-33-37-27(31(43)44)28(47-33)24-19-35-42(23(24)3)20-34(17-12-18-45-4)15-10-6-5-7-11-16-34/h8-9,13-14,19H,5-7,10-12,15-18,20H2,1-4H3,(H,43,44)(H,36,38,40)(H,37,39,41). The van der Waals surface area contributed by atoms with Crippen molar-refractivity contribution in [3.8, 4) is 10.4 Å². The zero-order valence-electron chi connectivity index (χ0n) is 27.4. The normalized spacial score (nSPS) is 15.0. The van der Waals surface area contributed by atoms with Gasteiger partial charge in [-0.25, -0.2) is 14.8 Å². The molecule has 1 fully saturated rings. The molecule has 1 saturated carbocycles. The first-order chi connectivity index (χ1) is 22.8. The van der Waals surface area contributed by atoms with Crippen molar-refractivity contribution in [2.24, 2.45) is 5.41 Å². The fourth-order valence-electron chi connectivity index (χ4n) is 6.55. The van der Waals surface area contributed by atoms with Crippen molar-refractivity contribution in [2.45, 2.75) is 85.1 Å². The van der Waals surface area contributed by atoms with Crippen LogP contribution in [-0.4, -0.2) is 54.7 Å². The maximum Gasteiger partial charge on any atom is 0.356 e. The quantitative estimate of drug-likeness (QED) is 0.110. The highest BCUT2D eigenvalue weighted by atomic mass is 32.1. The average Bonchev–Trinajstić information content (AvgIpc) is 3.75. The number of rotatable bonds is 12. The number of nitrogens with zero attached hydrogens (tertiary/aromatic N) is 6. The van der Waals surface area contributed by atoms with Gasteiger partial charge in [0, 0.05) is 42.6 Å². The van der Waals surface area contributed by atoms with Crippen molar-refractivity contribution < 1.29 is 14.6 Å². The van der Waals surface area contributed by atoms with Gasteiger partial charge in [0.1, 0.15) is 0 Å². The zero-order valence-corrected chi connectivity index (χ0v) is 29.1. The molecule has 0 unspecified atom stereocenters. The van der Waals surface area contributed by atoms with Crippen molar-refractivity contribution in [1.82, 2.24) is 29.9 Å². The molecular weight excluding hydrogens is 633 g/mol. The SMILES string of the molecule is COCCCC1(Cn2ncc(-c3sc(Nc4nnc(Nc5nc6ccccc6s5)c(C)c4C)nc3C(=O)O)c2C)CCCCCCC1. The van der Waals surface area contributed by atoms with Crippen molar-refractivity contribution in [3.63, 3.8) is 0 Å². The van der Waals surface area contributed by atoms with Gasteiger partial charge in [-0.15, -0.1) is 10.2 Å². The zero-order chi connectivity index (χ0) is 33.0. The Morgan fingerprint density at radius 2 is 1.62 bits per heavy atom. The van der Waals surface area contributed by atoms with Gasteiger partial charge in [0.2, 0.25) is 0 Å². The molecule has 4 aromatic heterocycles. The largest absolute Gasteiger partial charge is 0.476 e. The first-order valence-corrected chi connectivity index (χ1v) is 17.9. The highest BCUT2D eigenvalue weighted by Crippen LogP contribution is 2.42. The van der Waals surface area contributed by atoms with Crippen LogP contribution in [-0.2, 0) is 11.3 Å². The van der Waals surface area contributed by atoms with E-state index < -0.39 is 5.97 Å². The van der Waals surface area contributed by atoms with Gasteiger partial charge in [0.05, 0.1) is 21.3 Å². The van der Waals surface area contributed by atoms with E-state index in [1.807, 2.05) is 45.0 Å². The minimum Gasteiger partial charge on any atom is -0.476 e. The molecule has 1 aliphatic carbocycles. The number of aromatic carboxylic acids is 1. The summed E-state index contributed by atoms with van der Waals surface area (Å²) in [6, 6.07) is 7.98. The van der Waals surface area contributed by atoms with Gasteiger partial charge in [0.15, 0.2) is 27.6 Å². The van der Waals surface area contributed by atoms with E-state index in [-0.39, 0.29) is 11.1 Å². The summed E-state index contributed by atoms with van der Waals surface area (Å²) in [5.74, 6) is 0.0524. The summed E-state index contributed by atoms with van der Waals surface area (Å²) in [6.45, 7) is 7.53. The molecule has 0 amide bonds. The van der Waals surface area contributed by atoms with E-state index in [0.717, 1.165) is 63.7 Å². The smallest absolute Gasteiger partial charge is 0.356 e. The van der Waals surface area contributed by atoms with Crippen LogP contribution in [0.25, 0.3) is 20.7 Å². The summed E-state index contributed by atoms with van der Waals surface area (Å²) in [4.78, 5) is 22.1. The minimum atomic E-state index is -1.08. The Labute approximate surface area is 282 Å². The topological polar surface area (TPSA) is 140 Å². The molecule has 5 aromatic rings. The van der Waals surface area contributed by atoms with Crippen LogP contribution >= 0.6 is 22.7 Å². The minimum absolute atomic E-state index is 0.00244. The first kappa shape index (κ1) is 33.0. The van der Waals surface area contributed by atoms with E-state index in [4.69, 9.17) is 9.84 Å². The van der Waals surface area contributed by atoms with Crippen LogP contribution in [0.4, 0.5) is 21.9 Å². The number of aromatic nitrogens is 6. The number of fused-ring (bicyclic) bond motifs is 1. The van der Waals surface area contributed by atoms with E-state index in [9.17, 15) is 9.90 Å². The molecule has 0 saturated heterocycles. The summed E-state index contributed by atoms with van der Waals surface area (Å²) in [5.41, 5.74) is 4.61. The molecule has 13 heteroatoms. The summed E-state index contributed by atoms with van der Waals surface area (Å²) in [5, 5.41) is 31.5. The Morgan fingerprint density at radius 3 is 2.28 bits per heavy atom. The molecule has 1 aliphatic rings. The summed E-state index contributed by atoms with van der Waals surface area (Å²) in [6.07, 6.45) is 12.6. The maximum absolute atomic E-state index is 12.4. The lowest BCUT2D eigenvalue weighted by Crippen LogP contribution is -2.29. The number of para-hydroxylation sites is 1. The number of carboxylic acids is 1. The first-order valence-electron chi connectivity index (χ1n) is 16.3. The van der Waals surface area contributed by atoms with Gasteiger partial charge >= 0.3 is 5.97 Å². The molecule has 4 heterocycles. The number of carbonyl (C=O) groups is 1. The van der Waals surface area contributed by atoms with Gasteiger partial charge in [-0.2, -0.15) is 5.10 Å². The Balaban J connectivity index is 1.23. The highest BCUT2D eigenvalue weighted by molar-refractivity contribution is 7.22. The Hall–Kier alpha value is -3.94. The second kappa shape index (κ2) is 14.4. The van der Waals surface area contributed by atoms with Crippen LogP contribution in [0.3, 0.4) is 0 Å². The molecule has 0 atom stereocenters. The fraction of sp³-hybridized carbons (Fsp3) is 0.471. The van der Waals surface area contributed by atoms with Gasteiger partial charge in [-0.1, -0.05) is 66.9 Å². The second-order valence-corrected chi connectivity index (χ2v) is 14.6. The highest BCUT2D eigenvalue weighted by Gasteiger charge is 2.32. The van der Waals surface area contributed by atoms with Crippen molar-refractivity contribution >= 4 is 60.8 Å². The molecule has 248 valence electrons. The number of ether oxygens (including phenoxy) is 1. The van der Waals surface area contributed by atoms with Crippen molar-refractivity contribution in [2.75, 3.05) is 24.4 Å². The van der Waals surface area contributed by atoms with Crippen molar-refractivity contribution in [1.29, 1.82) is 0 Å². The Bertz CT molecular complexity index is 1820. The van der Waals surface area contributed by atoms with Gasteiger partial charge in [-0.3, -0.25) is 4.68 Å². The molecule has 0 spiro atoms. The van der Waals surface area contributed by atoms with Gasteiger partial charge < -0.3 is 20.5 Å². The number of carboxylic acid groups (broad SMARTS) is 1. The third-order valence-electron chi connectivity index (χ3n) is 9.40. The van der Waals surface area contributed by atoms with Crippen LogP contribution in [0.2, 0.25) is 0 Å². The van der Waals surface area contributed by atoms with Gasteiger partial charge in [-0.05, 0) is 64.0 Å². The van der Waals surface area contributed by atoms with Crippen LogP contribution in [0.5, 0.6) is 0 Å². The number of hydrogen-bond acceptors (Lipinski definition) is 11. The second-order valence-electron chi connectivity index (χ2n) is 12.6. The average molecular weight is 675 g/mol. The molecule has 11 nitrogen and oxygen atoms in total. The number of hydrogen-bond donors (Lipinski definition) is 3. The number of nitrogens with one attached hydrogen (secondary N) is 2. The molecule has 0 aliphatic heterocycles. The molecule has 3 N–H and O–H groups in total. The maximum atomic E-state index is 12.4. The monoisotopic (exact) mass is 674 g/mol. The molecule has 1 aromatic carbocycles. The fourth-order valence-corrected chi connectivity index (χ4v) is 8.44. The lowest BCUT2D eigenvalue weighted by atomic mass is 9.73. The van der Waals surface area contributed by atoms with E-state index in [2.05, 4.69) is 35.5 Å². The molecular formula is C34H42N8O3S2. The number of methoxy groups -OCH3 is 1. The van der Waals surface area contributed by atoms with Crippen LogP contribution in [0.1, 0.15) is 85.1 Å². The third-order valence-corrected chi connectivity index (χ3v) is 11.4. The lowest BCUT2D eigenvalue weighted by molar-refractivity contribution is 0.0692. The summed E-state index contributed by atoms with van der Waals surface area (Å²) >= 11 is 2.85. The van der Waals surface area contributed by atoms with E-state index in [0.29, 0.717) is 21.6 Å². The Kier molecular flexibility index (Phi) is 10.1. The molecule has 6 rings (SSSR count). The van der Waals surface area contributed by atoms with Crippen LogP contribution < -0.4 is 10.6 Å². The number of benzene rings is 1. The van der Waals surface area contributed by atoms with E-state index >= 15 is 0 Å². The van der Waals surface area contributed by atoms with Crippen LogP contribution in [0.15, 0.2) is 30.5 Å². The van der Waals surface area contributed by atoms with E-state index in [1.54, 1.807) is 24.6 Å². The predicted molar refractivity (Wildman–Crippen MR) is 189 cm³/mol. The number of thiazole rings is 2. The predicted octanol–water partition coefficient (Wildman–Crippen LogP) is 8.67. The molecule has 0 radical (unpaired) electrons. The molecule has 47 heavy (non-hydrogen) atoms.